The van der Waals surface area contributed by atoms with Crippen molar-refractivity contribution in [3.05, 3.63) is 89.5 Å². The average Bonchev–Trinajstić information content (AvgIpc) is 3.18. The molecular formula is C24H21FN2O3S2. The first-order valence-corrected chi connectivity index (χ1v) is 12.1. The summed E-state index contributed by atoms with van der Waals surface area (Å²) < 4.78 is 18.7. The molecule has 3 aromatic rings. The Labute approximate surface area is 194 Å². The summed E-state index contributed by atoms with van der Waals surface area (Å²) in [5.41, 5.74) is 2.84. The van der Waals surface area contributed by atoms with Crippen molar-refractivity contribution in [2.75, 3.05) is 23.0 Å². The lowest BCUT2D eigenvalue weighted by atomic mass is 10.1. The van der Waals surface area contributed by atoms with E-state index in [1.165, 1.54) is 23.9 Å². The first-order chi connectivity index (χ1) is 15.5. The van der Waals surface area contributed by atoms with Crippen LogP contribution >= 0.6 is 23.5 Å². The summed E-state index contributed by atoms with van der Waals surface area (Å²) in [4.78, 5) is 31.8. The molecule has 1 saturated heterocycles. The second-order valence-corrected chi connectivity index (χ2v) is 9.38. The van der Waals surface area contributed by atoms with Gasteiger partial charge >= 0.3 is 5.97 Å². The molecule has 2 heterocycles. The van der Waals surface area contributed by atoms with E-state index in [1.54, 1.807) is 59.4 Å². The van der Waals surface area contributed by atoms with Crippen molar-refractivity contribution in [3.63, 3.8) is 0 Å². The van der Waals surface area contributed by atoms with Gasteiger partial charge in [0.05, 0.1) is 11.3 Å². The second kappa shape index (κ2) is 10.2. The zero-order valence-electron chi connectivity index (χ0n) is 17.4. The monoisotopic (exact) mass is 468 g/mol. The number of thioether (sulfide) groups is 2. The van der Waals surface area contributed by atoms with Crippen LogP contribution in [0.25, 0.3) is 0 Å². The fourth-order valence-electron chi connectivity index (χ4n) is 3.42. The van der Waals surface area contributed by atoms with Crippen LogP contribution in [0.2, 0.25) is 0 Å². The topological polar surface area (TPSA) is 59.5 Å². The number of nitrogens with zero attached hydrogens (tertiary/aromatic N) is 2. The number of amides is 1. The van der Waals surface area contributed by atoms with Gasteiger partial charge in [-0.25, -0.2) is 9.18 Å². The Balaban J connectivity index is 1.42. The van der Waals surface area contributed by atoms with Gasteiger partial charge in [-0.05, 0) is 60.5 Å². The number of carbonyl (C=O) groups excluding carboxylic acids is 2. The molecule has 1 fully saturated rings. The van der Waals surface area contributed by atoms with Gasteiger partial charge in [0.15, 0.2) is 0 Å². The van der Waals surface area contributed by atoms with Gasteiger partial charge in [-0.1, -0.05) is 12.1 Å². The summed E-state index contributed by atoms with van der Waals surface area (Å²) in [6.45, 7) is 2.16. The fraction of sp³-hybridized carbons (Fsp3) is 0.208. The first kappa shape index (κ1) is 22.4. The molecule has 1 amide bonds. The summed E-state index contributed by atoms with van der Waals surface area (Å²) in [5, 5.41) is -0.232. The third kappa shape index (κ3) is 5.14. The molecule has 0 bridgehead atoms. The number of rotatable bonds is 7. The van der Waals surface area contributed by atoms with Crippen molar-refractivity contribution in [2.45, 2.75) is 17.2 Å². The van der Waals surface area contributed by atoms with Crippen LogP contribution in [0.15, 0.2) is 71.9 Å². The van der Waals surface area contributed by atoms with Crippen molar-refractivity contribution in [2.24, 2.45) is 0 Å². The third-order valence-electron chi connectivity index (χ3n) is 4.95. The number of hydrogen-bond acceptors (Lipinski definition) is 6. The predicted octanol–water partition coefficient (Wildman–Crippen LogP) is 5.26. The number of hydrogen-bond donors (Lipinski definition) is 0. The molecule has 0 radical (unpaired) electrons. The standard InChI is InChI=1S/C24H21FN2O3S2/c1-16-14-18(24(29)30-12-13-31-20-8-10-26-11-9-20)4-7-21(16)27-22(28)15-32-23(27)17-2-5-19(25)6-3-17/h2-11,14,23H,12-13,15H2,1H3. The van der Waals surface area contributed by atoms with Crippen molar-refractivity contribution in [3.8, 4) is 0 Å². The number of halogens is 1. The number of aromatic nitrogens is 1. The van der Waals surface area contributed by atoms with Crippen LogP contribution in [-0.2, 0) is 9.53 Å². The van der Waals surface area contributed by atoms with E-state index < -0.39 is 5.97 Å². The summed E-state index contributed by atoms with van der Waals surface area (Å²) in [6, 6.07) is 15.2. The van der Waals surface area contributed by atoms with Crippen molar-refractivity contribution < 1.29 is 18.7 Å². The number of pyridine rings is 1. The van der Waals surface area contributed by atoms with Crippen LogP contribution in [0.3, 0.4) is 0 Å². The molecule has 164 valence electrons. The Kier molecular flexibility index (Phi) is 7.12. The van der Waals surface area contributed by atoms with Gasteiger partial charge < -0.3 is 4.74 Å². The minimum atomic E-state index is -0.396. The van der Waals surface area contributed by atoms with Gasteiger partial charge in [0.25, 0.3) is 0 Å². The number of anilines is 1. The summed E-state index contributed by atoms with van der Waals surface area (Å²) in [6.07, 6.45) is 3.45. The number of aryl methyl sites for hydroxylation is 1. The van der Waals surface area contributed by atoms with Gasteiger partial charge in [0.1, 0.15) is 17.8 Å². The minimum absolute atomic E-state index is 0.0177. The van der Waals surface area contributed by atoms with Gasteiger partial charge in [0.2, 0.25) is 5.91 Å². The molecule has 1 aliphatic heterocycles. The van der Waals surface area contributed by atoms with Crippen LogP contribution in [0.4, 0.5) is 10.1 Å². The molecule has 1 aromatic heterocycles. The quantitative estimate of drug-likeness (QED) is 0.268. The normalized spacial score (nSPS) is 15.8. The van der Waals surface area contributed by atoms with Gasteiger partial charge in [-0.15, -0.1) is 23.5 Å². The van der Waals surface area contributed by atoms with Gasteiger partial charge in [-0.2, -0.15) is 0 Å². The number of ether oxygens (including phenoxy) is 1. The Morgan fingerprint density at radius 3 is 2.66 bits per heavy atom. The van der Waals surface area contributed by atoms with Gasteiger partial charge in [0, 0.05) is 28.7 Å². The van der Waals surface area contributed by atoms with Gasteiger partial charge in [-0.3, -0.25) is 14.7 Å². The lowest BCUT2D eigenvalue weighted by Gasteiger charge is -2.26. The van der Waals surface area contributed by atoms with E-state index in [9.17, 15) is 14.0 Å². The maximum absolute atomic E-state index is 13.3. The smallest absolute Gasteiger partial charge is 0.338 e. The van der Waals surface area contributed by atoms with Crippen molar-refractivity contribution in [1.82, 2.24) is 4.98 Å². The molecule has 1 atom stereocenters. The molecule has 0 N–H and O–H groups in total. The summed E-state index contributed by atoms with van der Waals surface area (Å²) in [7, 11) is 0. The van der Waals surface area contributed by atoms with Crippen molar-refractivity contribution >= 4 is 41.1 Å². The maximum Gasteiger partial charge on any atom is 0.338 e. The Hall–Kier alpha value is -2.84. The first-order valence-electron chi connectivity index (χ1n) is 10.0. The maximum atomic E-state index is 13.3. The van der Waals surface area contributed by atoms with Crippen LogP contribution in [0.1, 0.15) is 26.9 Å². The molecule has 8 heteroatoms. The van der Waals surface area contributed by atoms with E-state index in [-0.39, 0.29) is 17.1 Å². The predicted molar refractivity (Wildman–Crippen MR) is 126 cm³/mol. The highest BCUT2D eigenvalue weighted by atomic mass is 32.2. The molecule has 0 spiro atoms. The van der Waals surface area contributed by atoms with E-state index >= 15 is 0 Å². The SMILES string of the molecule is Cc1cc(C(=O)OCCSc2ccncc2)ccc1N1C(=O)CSC1c1ccc(F)cc1. The zero-order chi connectivity index (χ0) is 22.5. The highest BCUT2D eigenvalue weighted by molar-refractivity contribution is 8.00. The molecule has 2 aromatic carbocycles. The molecule has 1 aliphatic rings. The average molecular weight is 469 g/mol. The van der Waals surface area contributed by atoms with Crippen LogP contribution < -0.4 is 4.90 Å². The molecule has 5 nitrogen and oxygen atoms in total. The number of esters is 1. The molecule has 0 saturated carbocycles. The Morgan fingerprint density at radius 2 is 1.94 bits per heavy atom. The van der Waals surface area contributed by atoms with Crippen LogP contribution in [-0.4, -0.2) is 35.0 Å². The third-order valence-corrected chi connectivity index (χ3v) is 7.14. The Bertz CT molecular complexity index is 1110. The second-order valence-electron chi connectivity index (χ2n) is 7.15. The molecular weight excluding hydrogens is 447 g/mol. The lowest BCUT2D eigenvalue weighted by Crippen LogP contribution is -2.28. The van der Waals surface area contributed by atoms with E-state index in [0.29, 0.717) is 23.7 Å². The van der Waals surface area contributed by atoms with Crippen molar-refractivity contribution in [1.29, 1.82) is 0 Å². The fourth-order valence-corrected chi connectivity index (χ4v) is 5.31. The molecule has 1 unspecified atom stereocenters. The highest BCUT2D eigenvalue weighted by Crippen LogP contribution is 2.42. The molecule has 0 aliphatic carbocycles. The minimum Gasteiger partial charge on any atom is -0.461 e. The summed E-state index contributed by atoms with van der Waals surface area (Å²) >= 11 is 3.09. The van der Waals surface area contributed by atoms with E-state index in [0.717, 1.165) is 21.7 Å². The van der Waals surface area contributed by atoms with E-state index in [4.69, 9.17) is 4.74 Å². The molecule has 4 rings (SSSR count). The van der Waals surface area contributed by atoms with E-state index in [2.05, 4.69) is 4.98 Å². The number of benzene rings is 2. The lowest BCUT2D eigenvalue weighted by molar-refractivity contribution is -0.115. The number of carbonyl (C=O) groups is 2. The largest absolute Gasteiger partial charge is 0.461 e. The Morgan fingerprint density at radius 1 is 1.19 bits per heavy atom. The van der Waals surface area contributed by atoms with Crippen LogP contribution in [0, 0.1) is 12.7 Å². The molecule has 32 heavy (non-hydrogen) atoms. The van der Waals surface area contributed by atoms with Crippen LogP contribution in [0.5, 0.6) is 0 Å². The van der Waals surface area contributed by atoms with E-state index in [1.807, 2.05) is 19.1 Å². The zero-order valence-corrected chi connectivity index (χ0v) is 19.0. The highest BCUT2D eigenvalue weighted by Gasteiger charge is 2.35. The summed E-state index contributed by atoms with van der Waals surface area (Å²) in [5.74, 6) is 0.266.